The number of fused-ring (bicyclic) bond motifs is 1. The Kier molecular flexibility index (Phi) is 5.88. The van der Waals surface area contributed by atoms with Crippen LogP contribution in [0.2, 0.25) is 0 Å². The second-order valence-corrected chi connectivity index (χ2v) is 7.28. The molecule has 2 atom stereocenters. The number of amides is 2. The molecule has 2 aliphatic heterocycles. The quantitative estimate of drug-likeness (QED) is 0.532. The summed E-state index contributed by atoms with van der Waals surface area (Å²) >= 11 is 1.33. The van der Waals surface area contributed by atoms with Gasteiger partial charge in [-0.15, -0.1) is 11.8 Å². The van der Waals surface area contributed by atoms with Gasteiger partial charge >= 0.3 is 12.1 Å². The first kappa shape index (κ1) is 19.7. The molecule has 2 heterocycles. The van der Waals surface area contributed by atoms with Crippen molar-refractivity contribution in [1.82, 2.24) is 10.2 Å². The van der Waals surface area contributed by atoms with Gasteiger partial charge in [0.05, 0.1) is 6.42 Å². The molecule has 1 aromatic rings. The smallest absolute Gasteiger partial charge is 0.461 e. The van der Waals surface area contributed by atoms with Crippen LogP contribution >= 0.6 is 11.8 Å². The molecule has 0 aromatic heterocycles. The van der Waals surface area contributed by atoms with Crippen LogP contribution in [0.15, 0.2) is 41.8 Å². The Balaban J connectivity index is 1.69. The number of thioether (sulfide) groups is 1. The Bertz CT molecular complexity index is 840. The van der Waals surface area contributed by atoms with Crippen molar-refractivity contribution in [2.75, 3.05) is 12.4 Å². The van der Waals surface area contributed by atoms with Crippen LogP contribution in [0, 0.1) is 0 Å². The van der Waals surface area contributed by atoms with Gasteiger partial charge in [-0.2, -0.15) is 0 Å². The zero-order valence-electron chi connectivity index (χ0n) is 14.9. The van der Waals surface area contributed by atoms with Gasteiger partial charge in [-0.1, -0.05) is 30.3 Å². The van der Waals surface area contributed by atoms with Crippen LogP contribution in [-0.4, -0.2) is 57.7 Å². The summed E-state index contributed by atoms with van der Waals surface area (Å²) in [5, 5.41) is 11.2. The van der Waals surface area contributed by atoms with Gasteiger partial charge < -0.3 is 19.9 Å². The second-order valence-electron chi connectivity index (χ2n) is 6.17. The van der Waals surface area contributed by atoms with Crippen LogP contribution in [0.4, 0.5) is 4.79 Å². The standard InChI is InChI=1S/C18H18N2O7S/c1-10(21)26-8-12-9-28-17-14(15(23)20(17)16(12)27-18(24)25)19-13(22)7-11-5-3-2-4-6-11/h2-6,14,17H,7-9H2,1H3,(H,19,22)(H,24,25)/t14?,17-/m0/s1. The number of nitrogens with zero attached hydrogens (tertiary/aromatic N) is 1. The molecule has 148 valence electrons. The number of hydrogen-bond donors (Lipinski definition) is 2. The van der Waals surface area contributed by atoms with E-state index in [-0.39, 0.29) is 24.8 Å². The maximum Gasteiger partial charge on any atom is 0.512 e. The van der Waals surface area contributed by atoms with Gasteiger partial charge in [0, 0.05) is 18.2 Å². The molecule has 10 heteroatoms. The molecule has 2 aliphatic rings. The summed E-state index contributed by atoms with van der Waals surface area (Å²) in [7, 11) is 0. The van der Waals surface area contributed by atoms with Crippen molar-refractivity contribution in [1.29, 1.82) is 0 Å². The lowest BCUT2D eigenvalue weighted by atomic mass is 10.1. The van der Waals surface area contributed by atoms with E-state index in [4.69, 9.17) is 14.6 Å². The molecule has 9 nitrogen and oxygen atoms in total. The molecule has 1 saturated heterocycles. The molecule has 1 aromatic carbocycles. The Morgan fingerprint density at radius 3 is 2.64 bits per heavy atom. The highest BCUT2D eigenvalue weighted by atomic mass is 32.2. The largest absolute Gasteiger partial charge is 0.512 e. The van der Waals surface area contributed by atoms with Gasteiger partial charge in [-0.3, -0.25) is 19.3 Å². The number of hydrogen-bond acceptors (Lipinski definition) is 7. The van der Waals surface area contributed by atoms with Crippen molar-refractivity contribution in [3.63, 3.8) is 0 Å². The highest BCUT2D eigenvalue weighted by Gasteiger charge is 2.54. The molecular weight excluding hydrogens is 388 g/mol. The first-order valence-electron chi connectivity index (χ1n) is 8.41. The van der Waals surface area contributed by atoms with Gasteiger partial charge in [0.25, 0.3) is 5.91 Å². The van der Waals surface area contributed by atoms with E-state index >= 15 is 0 Å². The van der Waals surface area contributed by atoms with Crippen molar-refractivity contribution in [3.8, 4) is 0 Å². The van der Waals surface area contributed by atoms with Crippen LogP contribution in [0.5, 0.6) is 0 Å². The van der Waals surface area contributed by atoms with Crippen molar-refractivity contribution in [2.45, 2.75) is 24.8 Å². The number of ether oxygens (including phenoxy) is 2. The minimum absolute atomic E-state index is 0.133. The number of benzene rings is 1. The molecule has 0 spiro atoms. The van der Waals surface area contributed by atoms with E-state index in [9.17, 15) is 19.2 Å². The Labute approximate surface area is 164 Å². The predicted molar refractivity (Wildman–Crippen MR) is 97.9 cm³/mol. The van der Waals surface area contributed by atoms with Gasteiger partial charge in [-0.05, 0) is 5.56 Å². The average Bonchev–Trinajstić information content (AvgIpc) is 2.64. The van der Waals surface area contributed by atoms with E-state index < -0.39 is 29.4 Å². The minimum atomic E-state index is -1.58. The van der Waals surface area contributed by atoms with Crippen molar-refractivity contribution < 1.29 is 33.8 Å². The molecule has 2 amide bonds. The fourth-order valence-corrected chi connectivity index (χ4v) is 4.21. The molecule has 0 saturated carbocycles. The van der Waals surface area contributed by atoms with Crippen LogP contribution < -0.4 is 5.32 Å². The van der Waals surface area contributed by atoms with Crippen molar-refractivity contribution in [3.05, 3.63) is 47.4 Å². The number of carbonyl (C=O) groups excluding carboxylic acids is 3. The van der Waals surface area contributed by atoms with Gasteiger partial charge in [0.15, 0.2) is 0 Å². The molecule has 0 bridgehead atoms. The average molecular weight is 406 g/mol. The summed E-state index contributed by atoms with van der Waals surface area (Å²) in [5.41, 5.74) is 1.19. The number of rotatable bonds is 6. The van der Waals surface area contributed by atoms with Crippen LogP contribution in [0.1, 0.15) is 12.5 Å². The fraction of sp³-hybridized carbons (Fsp3) is 0.333. The highest BCUT2D eigenvalue weighted by Crippen LogP contribution is 2.40. The lowest BCUT2D eigenvalue weighted by molar-refractivity contribution is -0.149. The number of β-lactam (4-membered cyclic amide) rings is 1. The normalized spacial score (nSPS) is 20.8. The van der Waals surface area contributed by atoms with Crippen molar-refractivity contribution in [2.24, 2.45) is 0 Å². The van der Waals surface area contributed by atoms with E-state index in [1.165, 1.54) is 23.6 Å². The minimum Gasteiger partial charge on any atom is -0.461 e. The first-order chi connectivity index (χ1) is 13.4. The lowest BCUT2D eigenvalue weighted by Gasteiger charge is -2.49. The highest BCUT2D eigenvalue weighted by molar-refractivity contribution is 8.00. The summed E-state index contributed by atoms with van der Waals surface area (Å²) in [6, 6.07) is 8.34. The molecule has 0 radical (unpaired) electrons. The Morgan fingerprint density at radius 2 is 2.00 bits per heavy atom. The Morgan fingerprint density at radius 1 is 1.29 bits per heavy atom. The van der Waals surface area contributed by atoms with Gasteiger partial charge in [-0.25, -0.2) is 4.79 Å². The van der Waals surface area contributed by atoms with E-state index in [1.54, 1.807) is 0 Å². The zero-order valence-corrected chi connectivity index (χ0v) is 15.7. The van der Waals surface area contributed by atoms with Crippen LogP contribution in [0.3, 0.4) is 0 Å². The molecule has 1 unspecified atom stereocenters. The topological polar surface area (TPSA) is 122 Å². The van der Waals surface area contributed by atoms with Gasteiger partial charge in [0.2, 0.25) is 11.8 Å². The third-order valence-corrected chi connectivity index (χ3v) is 5.49. The van der Waals surface area contributed by atoms with Crippen LogP contribution in [0.25, 0.3) is 0 Å². The number of esters is 1. The first-order valence-corrected chi connectivity index (χ1v) is 9.46. The second kappa shape index (κ2) is 8.34. The summed E-state index contributed by atoms with van der Waals surface area (Å²) in [4.78, 5) is 48.0. The predicted octanol–water partition coefficient (Wildman–Crippen LogP) is 1.10. The zero-order chi connectivity index (χ0) is 20.3. The third kappa shape index (κ3) is 4.28. The number of carboxylic acid groups (broad SMARTS) is 1. The monoisotopic (exact) mass is 406 g/mol. The molecule has 3 rings (SSSR count). The number of carbonyl (C=O) groups is 4. The van der Waals surface area contributed by atoms with Crippen LogP contribution in [-0.2, 0) is 30.3 Å². The van der Waals surface area contributed by atoms with E-state index in [0.29, 0.717) is 11.3 Å². The molecule has 1 fully saturated rings. The van der Waals surface area contributed by atoms with Gasteiger partial charge in [0.1, 0.15) is 18.0 Å². The molecular formula is C18H18N2O7S. The maximum atomic E-state index is 12.5. The number of nitrogens with one attached hydrogen (secondary N) is 1. The van der Waals surface area contributed by atoms with E-state index in [0.717, 1.165) is 5.56 Å². The lowest BCUT2D eigenvalue weighted by Crippen LogP contribution is -2.70. The summed E-state index contributed by atoms with van der Waals surface area (Å²) in [6.45, 7) is 1.05. The summed E-state index contributed by atoms with van der Waals surface area (Å²) < 4.78 is 9.68. The summed E-state index contributed by atoms with van der Waals surface area (Å²) in [6.07, 6.45) is -1.45. The Hall–Kier alpha value is -3.01. The fourth-order valence-electron chi connectivity index (χ4n) is 2.90. The van der Waals surface area contributed by atoms with E-state index in [2.05, 4.69) is 5.32 Å². The SMILES string of the molecule is CC(=O)OCC1=C(OC(=O)O)N2C(=O)C(NC(=O)Cc3ccccc3)[C@@H]2SC1. The third-order valence-electron chi connectivity index (χ3n) is 4.15. The molecule has 28 heavy (non-hydrogen) atoms. The van der Waals surface area contributed by atoms with Crippen molar-refractivity contribution >= 4 is 35.7 Å². The molecule has 2 N–H and O–H groups in total. The summed E-state index contributed by atoms with van der Waals surface area (Å²) in [5.74, 6) is -1.17. The van der Waals surface area contributed by atoms with E-state index in [1.807, 2.05) is 30.3 Å². The maximum absolute atomic E-state index is 12.5. The molecule has 0 aliphatic carbocycles.